The molecule has 0 unspecified atom stereocenters. The molecule has 0 aliphatic carbocycles. The summed E-state index contributed by atoms with van der Waals surface area (Å²) < 4.78 is 8.08. The molecule has 2 aromatic carbocycles. The van der Waals surface area contributed by atoms with Crippen molar-refractivity contribution in [3.05, 3.63) is 59.7 Å². The maximum atomic E-state index is 9.74. The minimum atomic E-state index is -0.657. The Morgan fingerprint density at radius 2 is 1.09 bits per heavy atom. The van der Waals surface area contributed by atoms with Crippen LogP contribution in [-0.2, 0) is 14.9 Å². The molecule has 0 aromatic heterocycles. The zero-order valence-corrected chi connectivity index (χ0v) is 13.7. The smallest absolute Gasteiger partial charge is 0.507 e. The van der Waals surface area contributed by atoms with Crippen molar-refractivity contribution in [3.8, 4) is 11.5 Å². The Kier molecular flexibility index (Phi) is 6.45. The van der Waals surface area contributed by atoms with Gasteiger partial charge in [-0.2, -0.15) is 0 Å². The average Bonchev–Trinajstić information content (AvgIpc) is 2.55. The molecule has 0 saturated carbocycles. The van der Waals surface area contributed by atoms with Gasteiger partial charge < -0.3 is 19.7 Å². The Labute approximate surface area is 136 Å². The first-order chi connectivity index (χ1) is 10.8. The standard InChI is InChI=1S/C15H16O2.C3H6O3/c1-15(2,11-3-7-13(16)8-4-11)12-5-9-14(17)10-6-12;1-5-3(4)6-2/h3-10,16-17H,1-2H3;1-2H3. The van der Waals surface area contributed by atoms with Gasteiger partial charge in [-0.1, -0.05) is 38.1 Å². The first-order valence-electron chi connectivity index (χ1n) is 7.02. The van der Waals surface area contributed by atoms with Gasteiger partial charge in [0.1, 0.15) is 11.5 Å². The second-order valence-electron chi connectivity index (χ2n) is 5.38. The maximum absolute atomic E-state index is 9.74. The van der Waals surface area contributed by atoms with Gasteiger partial charge in [0.2, 0.25) is 0 Å². The number of hydrogen-bond acceptors (Lipinski definition) is 5. The third kappa shape index (κ3) is 5.21. The molecule has 5 heteroatoms. The van der Waals surface area contributed by atoms with Crippen molar-refractivity contribution < 1.29 is 24.5 Å². The largest absolute Gasteiger partial charge is 0.508 e. The minimum absolute atomic E-state index is 0.151. The van der Waals surface area contributed by atoms with Crippen LogP contribution in [0.5, 0.6) is 11.5 Å². The van der Waals surface area contributed by atoms with E-state index in [1.54, 1.807) is 24.3 Å². The van der Waals surface area contributed by atoms with Crippen LogP contribution in [0.2, 0.25) is 0 Å². The monoisotopic (exact) mass is 318 g/mol. The first kappa shape index (κ1) is 18.4. The molecule has 2 rings (SSSR count). The van der Waals surface area contributed by atoms with Crippen LogP contribution in [0.25, 0.3) is 0 Å². The summed E-state index contributed by atoms with van der Waals surface area (Å²) in [4.78, 5) is 9.74. The molecule has 0 aliphatic rings. The van der Waals surface area contributed by atoms with Crippen LogP contribution < -0.4 is 0 Å². The Hall–Kier alpha value is -2.69. The molecule has 0 bridgehead atoms. The van der Waals surface area contributed by atoms with E-state index in [0.29, 0.717) is 0 Å². The van der Waals surface area contributed by atoms with Gasteiger partial charge in [-0.3, -0.25) is 0 Å². The number of methoxy groups -OCH3 is 2. The number of benzene rings is 2. The Morgan fingerprint density at radius 3 is 1.30 bits per heavy atom. The first-order valence-corrected chi connectivity index (χ1v) is 7.02. The Morgan fingerprint density at radius 1 is 0.783 bits per heavy atom. The van der Waals surface area contributed by atoms with Crippen molar-refractivity contribution in [2.75, 3.05) is 14.2 Å². The van der Waals surface area contributed by atoms with E-state index in [9.17, 15) is 15.0 Å². The number of aromatic hydroxyl groups is 2. The number of carbonyl (C=O) groups excluding carboxylic acids is 1. The fraction of sp³-hybridized carbons (Fsp3) is 0.278. The number of phenols is 2. The van der Waals surface area contributed by atoms with Gasteiger partial charge in [-0.05, 0) is 35.4 Å². The van der Waals surface area contributed by atoms with Crippen molar-refractivity contribution in [3.63, 3.8) is 0 Å². The number of ether oxygens (including phenoxy) is 2. The van der Waals surface area contributed by atoms with E-state index in [1.165, 1.54) is 14.2 Å². The summed E-state index contributed by atoms with van der Waals surface area (Å²) >= 11 is 0. The molecule has 2 aromatic rings. The van der Waals surface area contributed by atoms with E-state index in [2.05, 4.69) is 23.3 Å². The lowest BCUT2D eigenvalue weighted by atomic mass is 9.78. The molecule has 0 amide bonds. The van der Waals surface area contributed by atoms with Gasteiger partial charge in [0, 0.05) is 5.41 Å². The van der Waals surface area contributed by atoms with Crippen LogP contribution in [0.1, 0.15) is 25.0 Å². The second kappa shape index (κ2) is 8.08. The predicted molar refractivity (Wildman–Crippen MR) is 87.8 cm³/mol. The van der Waals surface area contributed by atoms with E-state index >= 15 is 0 Å². The highest BCUT2D eigenvalue weighted by molar-refractivity contribution is 5.59. The van der Waals surface area contributed by atoms with Crippen molar-refractivity contribution in [2.24, 2.45) is 0 Å². The third-order valence-corrected chi connectivity index (χ3v) is 3.51. The van der Waals surface area contributed by atoms with E-state index in [1.807, 2.05) is 24.3 Å². The summed E-state index contributed by atoms with van der Waals surface area (Å²) in [5.74, 6) is 0.547. The number of hydrogen-bond donors (Lipinski definition) is 2. The quantitative estimate of drug-likeness (QED) is 0.823. The molecule has 124 valence electrons. The molecule has 0 saturated heterocycles. The zero-order valence-electron chi connectivity index (χ0n) is 13.7. The minimum Gasteiger partial charge on any atom is -0.508 e. The fourth-order valence-electron chi connectivity index (χ4n) is 2.01. The van der Waals surface area contributed by atoms with Gasteiger partial charge in [0.25, 0.3) is 0 Å². The Bertz CT molecular complexity index is 561. The summed E-state index contributed by atoms with van der Waals surface area (Å²) in [6, 6.07) is 14.4. The predicted octanol–water partition coefficient (Wildman–Crippen LogP) is 3.82. The highest BCUT2D eigenvalue weighted by atomic mass is 16.7. The lowest BCUT2D eigenvalue weighted by molar-refractivity contribution is 0.0924. The topological polar surface area (TPSA) is 76.0 Å². The average molecular weight is 318 g/mol. The van der Waals surface area contributed by atoms with Crippen molar-refractivity contribution in [2.45, 2.75) is 19.3 Å². The van der Waals surface area contributed by atoms with Gasteiger partial charge in [0.05, 0.1) is 14.2 Å². The van der Waals surface area contributed by atoms with E-state index in [-0.39, 0.29) is 16.9 Å². The molecule has 0 fully saturated rings. The van der Waals surface area contributed by atoms with Crippen LogP contribution in [0.3, 0.4) is 0 Å². The molecule has 0 radical (unpaired) electrons. The zero-order chi connectivity index (χ0) is 17.5. The summed E-state index contributed by atoms with van der Waals surface area (Å²) in [6.45, 7) is 4.23. The van der Waals surface area contributed by atoms with Gasteiger partial charge >= 0.3 is 6.16 Å². The van der Waals surface area contributed by atoms with E-state index < -0.39 is 6.16 Å². The molecular weight excluding hydrogens is 296 g/mol. The Balaban J connectivity index is 0.000000379. The molecule has 0 spiro atoms. The van der Waals surface area contributed by atoms with Crippen molar-refractivity contribution in [1.29, 1.82) is 0 Å². The molecular formula is C18H22O5. The summed E-state index contributed by atoms with van der Waals surface area (Å²) in [7, 11) is 2.51. The van der Waals surface area contributed by atoms with Crippen LogP contribution >= 0.6 is 0 Å². The molecule has 0 atom stereocenters. The fourth-order valence-corrected chi connectivity index (χ4v) is 2.01. The summed E-state index contributed by atoms with van der Waals surface area (Å²) in [5, 5.41) is 18.6. The van der Waals surface area contributed by atoms with Crippen LogP contribution in [0, 0.1) is 0 Å². The number of phenolic OH excluding ortho intramolecular Hbond substituents is 2. The number of carbonyl (C=O) groups is 1. The molecule has 0 aliphatic heterocycles. The lowest BCUT2D eigenvalue weighted by Gasteiger charge is -2.26. The van der Waals surface area contributed by atoms with Crippen molar-refractivity contribution in [1.82, 2.24) is 0 Å². The van der Waals surface area contributed by atoms with Crippen LogP contribution in [0.15, 0.2) is 48.5 Å². The lowest BCUT2D eigenvalue weighted by Crippen LogP contribution is -2.18. The second-order valence-corrected chi connectivity index (χ2v) is 5.38. The van der Waals surface area contributed by atoms with Gasteiger partial charge in [-0.25, -0.2) is 4.79 Å². The highest BCUT2D eigenvalue weighted by Crippen LogP contribution is 2.32. The SMILES string of the molecule is CC(C)(c1ccc(O)cc1)c1ccc(O)cc1.COC(=O)OC. The number of rotatable bonds is 2. The highest BCUT2D eigenvalue weighted by Gasteiger charge is 2.22. The van der Waals surface area contributed by atoms with Crippen molar-refractivity contribution >= 4 is 6.16 Å². The summed E-state index contributed by atoms with van der Waals surface area (Å²) in [6.07, 6.45) is -0.657. The normalized spacial score (nSPS) is 10.3. The molecule has 0 heterocycles. The molecule has 5 nitrogen and oxygen atoms in total. The van der Waals surface area contributed by atoms with Crippen LogP contribution in [-0.4, -0.2) is 30.6 Å². The van der Waals surface area contributed by atoms with Gasteiger partial charge in [-0.15, -0.1) is 0 Å². The van der Waals surface area contributed by atoms with Gasteiger partial charge in [0.15, 0.2) is 0 Å². The maximum Gasteiger partial charge on any atom is 0.507 e. The molecule has 23 heavy (non-hydrogen) atoms. The van der Waals surface area contributed by atoms with E-state index in [4.69, 9.17) is 0 Å². The molecule has 2 N–H and O–H groups in total. The third-order valence-electron chi connectivity index (χ3n) is 3.51. The summed E-state index contributed by atoms with van der Waals surface area (Å²) in [5.41, 5.74) is 2.10. The van der Waals surface area contributed by atoms with E-state index in [0.717, 1.165) is 11.1 Å². The van der Waals surface area contributed by atoms with Crippen LogP contribution in [0.4, 0.5) is 4.79 Å².